The minimum Gasteiger partial charge on any atom is -0.416 e. The van der Waals surface area contributed by atoms with Crippen LogP contribution in [-0.2, 0) is 24.1 Å². The van der Waals surface area contributed by atoms with Gasteiger partial charge in [0.25, 0.3) is 5.22 Å². The van der Waals surface area contributed by atoms with E-state index in [1.54, 1.807) is 0 Å². The van der Waals surface area contributed by atoms with Crippen LogP contribution in [0.1, 0.15) is 22.6 Å². The maximum atomic E-state index is 13.4. The summed E-state index contributed by atoms with van der Waals surface area (Å²) in [5.74, 6) is 0.761. The minimum absolute atomic E-state index is 0.00499. The van der Waals surface area contributed by atoms with E-state index in [1.807, 2.05) is 71.6 Å². The number of thioether (sulfide) groups is 1. The number of nitrogens with zero attached hydrogens (tertiary/aromatic N) is 3. The molecule has 0 fully saturated rings. The summed E-state index contributed by atoms with van der Waals surface area (Å²) < 4.78 is 5.76. The number of benzene rings is 3. The third-order valence-corrected chi connectivity index (χ3v) is 6.15. The summed E-state index contributed by atoms with van der Waals surface area (Å²) in [4.78, 5) is 15.2. The fraction of sp³-hybridized carbons (Fsp3) is 0.160. The molecular weight excluding hydrogens is 406 g/mol. The first-order chi connectivity index (χ1) is 15.3. The Morgan fingerprint density at radius 2 is 1.45 bits per heavy atom. The van der Waals surface area contributed by atoms with Crippen molar-refractivity contribution in [2.75, 3.05) is 10.7 Å². The minimum atomic E-state index is -0.00499. The smallest absolute Gasteiger partial charge is 0.277 e. The average molecular weight is 428 g/mol. The van der Waals surface area contributed by atoms with Crippen molar-refractivity contribution in [1.82, 2.24) is 10.2 Å². The fourth-order valence-electron chi connectivity index (χ4n) is 3.88. The van der Waals surface area contributed by atoms with Crippen LogP contribution >= 0.6 is 11.8 Å². The second-order valence-electron chi connectivity index (χ2n) is 7.40. The first-order valence-corrected chi connectivity index (χ1v) is 11.2. The zero-order chi connectivity index (χ0) is 21.0. The summed E-state index contributed by atoms with van der Waals surface area (Å²) >= 11 is 1.28. The van der Waals surface area contributed by atoms with Crippen molar-refractivity contribution in [2.45, 2.75) is 24.5 Å². The van der Waals surface area contributed by atoms with E-state index in [0.717, 1.165) is 29.8 Å². The molecule has 4 aromatic rings. The van der Waals surface area contributed by atoms with Crippen molar-refractivity contribution in [3.8, 4) is 0 Å². The highest BCUT2D eigenvalue weighted by Crippen LogP contribution is 2.36. The molecule has 31 heavy (non-hydrogen) atoms. The quantitative estimate of drug-likeness (QED) is 0.409. The van der Waals surface area contributed by atoms with Crippen LogP contribution in [0.25, 0.3) is 0 Å². The van der Waals surface area contributed by atoms with Gasteiger partial charge in [-0.1, -0.05) is 78.5 Å². The van der Waals surface area contributed by atoms with Crippen molar-refractivity contribution < 1.29 is 9.21 Å². The highest BCUT2D eigenvalue weighted by molar-refractivity contribution is 7.99. The van der Waals surface area contributed by atoms with Gasteiger partial charge in [-0.3, -0.25) is 9.69 Å². The Hall–Kier alpha value is -3.38. The summed E-state index contributed by atoms with van der Waals surface area (Å²) in [6.07, 6.45) is 2.41. The van der Waals surface area contributed by atoms with E-state index in [2.05, 4.69) is 22.3 Å². The molecule has 5 nitrogen and oxygen atoms in total. The van der Waals surface area contributed by atoms with Crippen LogP contribution in [0.15, 0.2) is 88.5 Å². The number of carbonyl (C=O) groups excluding carboxylic acids is 1. The normalized spacial score (nSPS) is 12.7. The van der Waals surface area contributed by atoms with E-state index in [-0.39, 0.29) is 11.7 Å². The fourth-order valence-corrected chi connectivity index (χ4v) is 4.50. The Kier molecular flexibility index (Phi) is 5.54. The lowest BCUT2D eigenvalue weighted by atomic mass is 10.0. The number of amides is 1. The van der Waals surface area contributed by atoms with E-state index in [0.29, 0.717) is 17.5 Å². The maximum Gasteiger partial charge on any atom is 0.277 e. The van der Waals surface area contributed by atoms with E-state index in [4.69, 9.17) is 4.42 Å². The number of rotatable bonds is 5. The molecule has 1 aliphatic rings. The van der Waals surface area contributed by atoms with Gasteiger partial charge in [-0.05, 0) is 41.7 Å². The Bertz CT molecular complexity index is 1160. The molecule has 2 heterocycles. The molecule has 1 aliphatic heterocycles. The molecule has 154 valence electrons. The summed E-state index contributed by atoms with van der Waals surface area (Å²) in [6.45, 7) is 0. The second-order valence-corrected chi connectivity index (χ2v) is 8.33. The molecule has 5 rings (SSSR count). The Morgan fingerprint density at radius 1 is 0.839 bits per heavy atom. The number of anilines is 2. The molecule has 0 N–H and O–H groups in total. The van der Waals surface area contributed by atoms with Gasteiger partial charge in [0.15, 0.2) is 0 Å². The van der Waals surface area contributed by atoms with Crippen LogP contribution in [0.2, 0.25) is 0 Å². The third-order valence-electron chi connectivity index (χ3n) is 5.34. The first-order valence-electron chi connectivity index (χ1n) is 10.3. The van der Waals surface area contributed by atoms with Crippen LogP contribution in [0, 0.1) is 0 Å². The molecule has 3 aromatic carbocycles. The number of hydrogen-bond donors (Lipinski definition) is 0. The molecule has 0 aliphatic carbocycles. The zero-order valence-electron chi connectivity index (χ0n) is 16.9. The van der Waals surface area contributed by atoms with Gasteiger partial charge in [-0.25, -0.2) is 0 Å². The lowest BCUT2D eigenvalue weighted by Gasteiger charge is -2.24. The van der Waals surface area contributed by atoms with Crippen LogP contribution in [0.3, 0.4) is 0 Å². The van der Waals surface area contributed by atoms with Crippen molar-refractivity contribution in [3.05, 3.63) is 101 Å². The summed E-state index contributed by atoms with van der Waals surface area (Å²) in [6, 6.07) is 26.2. The molecule has 0 atom stereocenters. The predicted molar refractivity (Wildman–Crippen MR) is 122 cm³/mol. The number of aryl methyl sites for hydroxylation is 2. The highest BCUT2D eigenvalue weighted by atomic mass is 32.2. The third kappa shape index (κ3) is 4.25. The van der Waals surface area contributed by atoms with Crippen molar-refractivity contribution in [1.29, 1.82) is 0 Å². The lowest BCUT2D eigenvalue weighted by molar-refractivity contribution is -0.115. The Morgan fingerprint density at radius 3 is 2.13 bits per heavy atom. The molecular formula is C25H21N3O2S. The number of aromatic nitrogens is 2. The molecule has 0 spiro atoms. The van der Waals surface area contributed by atoms with Crippen molar-refractivity contribution in [2.24, 2.45) is 0 Å². The van der Waals surface area contributed by atoms with Gasteiger partial charge in [-0.15, -0.1) is 10.2 Å². The van der Waals surface area contributed by atoms with Gasteiger partial charge in [-0.2, -0.15) is 0 Å². The lowest BCUT2D eigenvalue weighted by Crippen LogP contribution is -2.28. The van der Waals surface area contributed by atoms with Gasteiger partial charge in [0, 0.05) is 0 Å². The van der Waals surface area contributed by atoms with E-state index >= 15 is 0 Å². The highest BCUT2D eigenvalue weighted by Gasteiger charge is 2.26. The Balaban J connectivity index is 1.34. The molecule has 0 saturated carbocycles. The standard InChI is InChI=1S/C25H21N3O2S/c29-24(17-31-25-27-26-23(30-25)16-18-8-2-1-3-9-18)28-21-12-6-4-10-19(21)14-15-20-11-5-7-13-22(20)28/h1-13H,14-17H2. The van der Waals surface area contributed by atoms with Crippen LogP contribution < -0.4 is 4.90 Å². The van der Waals surface area contributed by atoms with Crippen LogP contribution in [0.4, 0.5) is 11.4 Å². The predicted octanol–water partition coefficient (Wildman–Crippen LogP) is 5.22. The molecule has 1 amide bonds. The van der Waals surface area contributed by atoms with Crippen LogP contribution in [0.5, 0.6) is 0 Å². The first kappa shape index (κ1) is 19.6. The van der Waals surface area contributed by atoms with Crippen molar-refractivity contribution >= 4 is 29.0 Å². The maximum absolute atomic E-state index is 13.4. The molecule has 0 saturated heterocycles. The molecule has 6 heteroatoms. The summed E-state index contributed by atoms with van der Waals surface area (Å²) in [5, 5.41) is 8.65. The van der Waals surface area contributed by atoms with Gasteiger partial charge in [0.2, 0.25) is 11.8 Å². The van der Waals surface area contributed by atoms with E-state index in [9.17, 15) is 4.79 Å². The monoisotopic (exact) mass is 427 g/mol. The molecule has 0 bridgehead atoms. The van der Waals surface area contributed by atoms with Gasteiger partial charge in [0.05, 0.1) is 23.5 Å². The van der Waals surface area contributed by atoms with Crippen molar-refractivity contribution in [3.63, 3.8) is 0 Å². The van der Waals surface area contributed by atoms with Gasteiger partial charge >= 0.3 is 0 Å². The second kappa shape index (κ2) is 8.78. The number of para-hydroxylation sites is 2. The number of hydrogen-bond acceptors (Lipinski definition) is 5. The van der Waals surface area contributed by atoms with Gasteiger partial charge in [0.1, 0.15) is 0 Å². The number of carbonyl (C=O) groups is 1. The zero-order valence-corrected chi connectivity index (χ0v) is 17.7. The van der Waals surface area contributed by atoms with E-state index < -0.39 is 0 Å². The summed E-state index contributed by atoms with van der Waals surface area (Å²) in [5.41, 5.74) is 5.37. The largest absolute Gasteiger partial charge is 0.416 e. The SMILES string of the molecule is O=C(CSc1nnc(Cc2ccccc2)o1)N1c2ccccc2CCc2ccccc21. The summed E-state index contributed by atoms with van der Waals surface area (Å²) in [7, 11) is 0. The number of fused-ring (bicyclic) bond motifs is 2. The molecule has 1 aromatic heterocycles. The topological polar surface area (TPSA) is 59.2 Å². The Labute approximate surface area is 185 Å². The average Bonchev–Trinajstić information content (AvgIpc) is 3.18. The van der Waals surface area contributed by atoms with E-state index in [1.165, 1.54) is 22.9 Å². The molecule has 0 radical (unpaired) electrons. The van der Waals surface area contributed by atoms with Crippen LogP contribution in [-0.4, -0.2) is 21.9 Å². The van der Waals surface area contributed by atoms with Gasteiger partial charge < -0.3 is 4.42 Å². The molecule has 0 unspecified atom stereocenters.